The van der Waals surface area contributed by atoms with Crippen LogP contribution in [0, 0.1) is 11.3 Å². The van der Waals surface area contributed by atoms with E-state index in [0.29, 0.717) is 22.6 Å². The first-order chi connectivity index (χ1) is 14.5. The monoisotopic (exact) mass is 450 g/mol. The minimum Gasteiger partial charge on any atom is -0.493 e. The number of carbonyl (C=O) groups excluding carboxylic acids is 2. The molecular formula is C22H26O8S. The smallest absolute Gasteiger partial charge is 0.328 e. The average Bonchev–Trinajstić information content (AvgIpc) is 3.01. The lowest BCUT2D eigenvalue weighted by molar-refractivity contribution is -0.257. The van der Waals surface area contributed by atoms with Crippen molar-refractivity contribution in [3.05, 3.63) is 34.2 Å². The van der Waals surface area contributed by atoms with Crippen molar-refractivity contribution in [2.24, 2.45) is 11.3 Å². The minimum absolute atomic E-state index is 0.127. The van der Waals surface area contributed by atoms with Gasteiger partial charge in [-0.15, -0.1) is 0 Å². The highest BCUT2D eigenvalue weighted by molar-refractivity contribution is 7.95. The predicted molar refractivity (Wildman–Crippen MR) is 110 cm³/mol. The highest BCUT2D eigenvalue weighted by atomic mass is 32.2. The molecule has 1 spiro atoms. The molecular weight excluding hydrogens is 424 g/mol. The van der Waals surface area contributed by atoms with Crippen molar-refractivity contribution in [1.29, 1.82) is 0 Å². The molecule has 168 valence electrons. The number of hydrogen-bond donors (Lipinski definition) is 0. The molecule has 4 rings (SSSR count). The van der Waals surface area contributed by atoms with Gasteiger partial charge in [0.1, 0.15) is 0 Å². The molecule has 2 saturated heterocycles. The molecule has 1 aromatic carbocycles. The fourth-order valence-corrected chi connectivity index (χ4v) is 7.49. The third-order valence-electron chi connectivity index (χ3n) is 6.52. The molecule has 31 heavy (non-hydrogen) atoms. The molecule has 8 nitrogen and oxygen atoms in total. The van der Waals surface area contributed by atoms with Gasteiger partial charge >= 0.3 is 11.9 Å². The molecule has 2 aliphatic heterocycles. The Morgan fingerprint density at radius 3 is 2.26 bits per heavy atom. The van der Waals surface area contributed by atoms with E-state index in [-0.39, 0.29) is 23.5 Å². The van der Waals surface area contributed by atoms with Crippen LogP contribution in [0.3, 0.4) is 0 Å². The van der Waals surface area contributed by atoms with Gasteiger partial charge in [0.2, 0.25) is 0 Å². The summed E-state index contributed by atoms with van der Waals surface area (Å²) >= 11 is 0. The van der Waals surface area contributed by atoms with E-state index in [1.165, 1.54) is 28.1 Å². The molecule has 9 heteroatoms. The number of para-hydroxylation sites is 1. The maximum Gasteiger partial charge on any atom is 0.328 e. The molecule has 0 amide bonds. The second-order valence-electron chi connectivity index (χ2n) is 8.69. The Hall–Kier alpha value is -2.55. The van der Waals surface area contributed by atoms with E-state index in [2.05, 4.69) is 0 Å². The second-order valence-corrected chi connectivity index (χ2v) is 10.8. The molecule has 1 aromatic rings. The van der Waals surface area contributed by atoms with Gasteiger partial charge in [-0.3, -0.25) is 9.59 Å². The van der Waals surface area contributed by atoms with Crippen molar-refractivity contribution >= 4 is 21.8 Å². The Morgan fingerprint density at radius 2 is 1.68 bits per heavy atom. The second kappa shape index (κ2) is 6.98. The van der Waals surface area contributed by atoms with Crippen molar-refractivity contribution in [3.8, 4) is 11.5 Å². The van der Waals surface area contributed by atoms with Gasteiger partial charge in [-0.25, -0.2) is 8.42 Å². The Kier molecular flexibility index (Phi) is 4.88. The number of benzene rings is 1. The van der Waals surface area contributed by atoms with Crippen LogP contribution in [-0.2, 0) is 28.9 Å². The Bertz CT molecular complexity index is 1080. The van der Waals surface area contributed by atoms with E-state index in [0.717, 1.165) is 0 Å². The lowest BCUT2D eigenvalue weighted by atomic mass is 9.57. The zero-order chi connectivity index (χ0) is 22.8. The topological polar surface area (TPSA) is 105 Å². The molecule has 0 radical (unpaired) electrons. The number of methoxy groups -OCH3 is 2. The van der Waals surface area contributed by atoms with E-state index >= 15 is 0 Å². The van der Waals surface area contributed by atoms with Crippen molar-refractivity contribution < 1.29 is 37.0 Å². The number of fused-ring (bicyclic) bond motifs is 2. The first kappa shape index (κ1) is 21.7. The number of carbonyl (C=O) groups is 2. The van der Waals surface area contributed by atoms with Gasteiger partial charge in [0.15, 0.2) is 26.8 Å². The zero-order valence-electron chi connectivity index (χ0n) is 18.2. The number of cyclic esters (lactones) is 2. The molecule has 0 saturated carbocycles. The van der Waals surface area contributed by atoms with E-state index in [4.69, 9.17) is 18.9 Å². The molecule has 0 aromatic heterocycles. The zero-order valence-corrected chi connectivity index (χ0v) is 19.0. The van der Waals surface area contributed by atoms with Crippen LogP contribution >= 0.6 is 0 Å². The quantitative estimate of drug-likeness (QED) is 0.511. The van der Waals surface area contributed by atoms with Gasteiger partial charge in [-0.2, -0.15) is 0 Å². The highest BCUT2D eigenvalue weighted by Gasteiger charge is 2.69. The first-order valence-electron chi connectivity index (χ1n) is 10.1. The van der Waals surface area contributed by atoms with Crippen LogP contribution in [-0.4, -0.2) is 46.1 Å². The third-order valence-corrected chi connectivity index (χ3v) is 8.59. The number of ether oxygens (including phenoxy) is 4. The van der Waals surface area contributed by atoms with E-state index in [9.17, 15) is 18.0 Å². The van der Waals surface area contributed by atoms with Gasteiger partial charge < -0.3 is 18.9 Å². The normalized spacial score (nSPS) is 28.0. The van der Waals surface area contributed by atoms with Crippen LogP contribution in [0.2, 0.25) is 0 Å². The van der Waals surface area contributed by atoms with Gasteiger partial charge in [0.05, 0.1) is 20.0 Å². The fourth-order valence-electron chi connectivity index (χ4n) is 5.37. The average molecular weight is 451 g/mol. The SMILES string of the molecule is COc1cccc([C@@H]2CC(C)=C3[C@H](CCS3(=O)=O)C23C(=O)OC(C)(C)OC3=O)c1OC. The van der Waals surface area contributed by atoms with Crippen LogP contribution < -0.4 is 9.47 Å². The fraction of sp³-hybridized carbons (Fsp3) is 0.545. The Balaban J connectivity index is 2.02. The molecule has 2 atom stereocenters. The van der Waals surface area contributed by atoms with E-state index in [1.807, 2.05) is 0 Å². The number of rotatable bonds is 3. The van der Waals surface area contributed by atoms with Crippen LogP contribution in [0.5, 0.6) is 11.5 Å². The molecule has 2 heterocycles. The summed E-state index contributed by atoms with van der Waals surface area (Å²) in [6, 6.07) is 5.22. The summed E-state index contributed by atoms with van der Waals surface area (Å²) in [5.74, 6) is -3.87. The lowest BCUT2D eigenvalue weighted by Crippen LogP contribution is -2.61. The van der Waals surface area contributed by atoms with Crippen LogP contribution in [0.1, 0.15) is 45.1 Å². The molecule has 1 aliphatic carbocycles. The summed E-state index contributed by atoms with van der Waals surface area (Å²) in [5, 5.41) is 0. The minimum atomic E-state index is -3.57. The summed E-state index contributed by atoms with van der Waals surface area (Å²) in [5.41, 5.74) is -0.625. The summed E-state index contributed by atoms with van der Waals surface area (Å²) < 4.78 is 47.8. The van der Waals surface area contributed by atoms with Gasteiger partial charge in [0.25, 0.3) is 5.79 Å². The van der Waals surface area contributed by atoms with Gasteiger partial charge in [0, 0.05) is 36.2 Å². The molecule has 2 fully saturated rings. The van der Waals surface area contributed by atoms with Crippen LogP contribution in [0.25, 0.3) is 0 Å². The number of hydrogen-bond acceptors (Lipinski definition) is 8. The summed E-state index contributed by atoms with van der Waals surface area (Å²) in [6.45, 7) is 4.70. The lowest BCUT2D eigenvalue weighted by Gasteiger charge is -2.49. The standard InChI is InChI=1S/C22H26O8S/c1-12-11-15(13-7-6-8-16(27-4)17(13)28-5)22(14-9-10-31(25,26)18(12)14)19(23)29-21(2,3)30-20(22)24/h6-8,14-15H,9-11H2,1-5H3/t14-,15-/m0/s1. The maximum atomic E-state index is 13.6. The molecule has 0 unspecified atom stereocenters. The molecule has 3 aliphatic rings. The van der Waals surface area contributed by atoms with E-state index < -0.39 is 44.8 Å². The van der Waals surface area contributed by atoms with Crippen molar-refractivity contribution in [3.63, 3.8) is 0 Å². The Morgan fingerprint density at radius 1 is 1.03 bits per heavy atom. The van der Waals surface area contributed by atoms with E-state index in [1.54, 1.807) is 25.1 Å². The van der Waals surface area contributed by atoms with Gasteiger partial charge in [-0.05, 0) is 25.8 Å². The molecule has 0 bridgehead atoms. The predicted octanol–water partition coefficient (Wildman–Crippen LogP) is 2.72. The third kappa shape index (κ3) is 2.96. The number of esters is 2. The van der Waals surface area contributed by atoms with Gasteiger partial charge in [-0.1, -0.05) is 17.7 Å². The number of allylic oxidation sites excluding steroid dienone is 2. The number of sulfone groups is 1. The molecule has 0 N–H and O–H groups in total. The van der Waals surface area contributed by atoms with Crippen molar-refractivity contribution in [1.82, 2.24) is 0 Å². The summed E-state index contributed by atoms with van der Waals surface area (Å²) in [7, 11) is -0.599. The first-order valence-corrected chi connectivity index (χ1v) is 11.7. The van der Waals surface area contributed by atoms with Crippen molar-refractivity contribution in [2.75, 3.05) is 20.0 Å². The summed E-state index contributed by atoms with van der Waals surface area (Å²) in [6.07, 6.45) is 0.307. The Labute approximate surface area is 181 Å². The summed E-state index contributed by atoms with van der Waals surface area (Å²) in [4.78, 5) is 27.3. The maximum absolute atomic E-state index is 13.6. The highest BCUT2D eigenvalue weighted by Crippen LogP contribution is 2.62. The largest absolute Gasteiger partial charge is 0.493 e. The van der Waals surface area contributed by atoms with Crippen LogP contribution in [0.4, 0.5) is 0 Å². The van der Waals surface area contributed by atoms with Crippen molar-refractivity contribution in [2.45, 2.75) is 45.3 Å². The van der Waals surface area contributed by atoms with Crippen LogP contribution in [0.15, 0.2) is 28.7 Å².